The van der Waals surface area contributed by atoms with Crippen molar-refractivity contribution in [3.8, 4) is 0 Å². The first-order valence-corrected chi connectivity index (χ1v) is 7.93. The number of para-hydroxylation sites is 1. The topological polar surface area (TPSA) is 42.0 Å². The molecule has 0 aliphatic carbocycles. The van der Waals surface area contributed by atoms with Crippen LogP contribution in [0.2, 0.25) is 5.02 Å². The number of halogens is 2. The second-order valence-electron chi connectivity index (χ2n) is 5.67. The van der Waals surface area contributed by atoms with Crippen molar-refractivity contribution in [2.45, 2.75) is 20.3 Å². The summed E-state index contributed by atoms with van der Waals surface area (Å²) >= 11 is 5.95. The number of hydrogen-bond donors (Lipinski definition) is 1. The molecule has 3 nitrogen and oxygen atoms in total. The van der Waals surface area contributed by atoms with Crippen molar-refractivity contribution in [3.63, 3.8) is 0 Å². The molecule has 24 heavy (non-hydrogen) atoms. The van der Waals surface area contributed by atoms with Crippen LogP contribution in [0.5, 0.6) is 0 Å². The number of rotatable bonds is 3. The van der Waals surface area contributed by atoms with Crippen molar-refractivity contribution in [1.82, 2.24) is 4.98 Å². The maximum atomic E-state index is 13.1. The van der Waals surface area contributed by atoms with Gasteiger partial charge in [-0.25, -0.2) is 4.39 Å². The van der Waals surface area contributed by atoms with E-state index in [0.29, 0.717) is 5.69 Å². The van der Waals surface area contributed by atoms with Crippen molar-refractivity contribution in [3.05, 3.63) is 70.1 Å². The van der Waals surface area contributed by atoms with E-state index in [1.54, 1.807) is 0 Å². The molecule has 3 aromatic rings. The smallest absolute Gasteiger partial charge is 0.228 e. The number of nitrogens with one attached hydrogen (secondary N) is 1. The third kappa shape index (κ3) is 3.24. The zero-order valence-electron chi connectivity index (χ0n) is 13.4. The van der Waals surface area contributed by atoms with Crippen molar-refractivity contribution < 1.29 is 9.18 Å². The minimum absolute atomic E-state index is 0.174. The average Bonchev–Trinajstić information content (AvgIpc) is 2.54. The van der Waals surface area contributed by atoms with Gasteiger partial charge < -0.3 is 5.32 Å². The van der Waals surface area contributed by atoms with Crippen LogP contribution in [0.15, 0.2) is 42.5 Å². The van der Waals surface area contributed by atoms with E-state index in [4.69, 9.17) is 11.6 Å². The van der Waals surface area contributed by atoms with Gasteiger partial charge in [-0.3, -0.25) is 9.78 Å². The zero-order valence-corrected chi connectivity index (χ0v) is 14.1. The first-order chi connectivity index (χ1) is 11.5. The molecule has 1 heterocycles. The molecule has 0 aliphatic rings. The molecule has 0 bridgehead atoms. The summed E-state index contributed by atoms with van der Waals surface area (Å²) < 4.78 is 13.1. The van der Waals surface area contributed by atoms with E-state index in [0.717, 1.165) is 27.7 Å². The Hall–Kier alpha value is -2.46. The van der Waals surface area contributed by atoms with Crippen molar-refractivity contribution in [1.29, 1.82) is 0 Å². The summed E-state index contributed by atoms with van der Waals surface area (Å²) in [6, 6.07) is 11.7. The summed E-state index contributed by atoms with van der Waals surface area (Å²) in [6.45, 7) is 3.89. The van der Waals surface area contributed by atoms with Gasteiger partial charge in [-0.15, -0.1) is 0 Å². The van der Waals surface area contributed by atoms with Gasteiger partial charge in [-0.05, 0) is 49.2 Å². The summed E-state index contributed by atoms with van der Waals surface area (Å²) in [7, 11) is 0. The van der Waals surface area contributed by atoms with Crippen LogP contribution >= 0.6 is 11.6 Å². The molecular formula is C19H16ClFN2O. The highest BCUT2D eigenvalue weighted by molar-refractivity contribution is 6.33. The SMILES string of the molecule is Cc1nc2ccccc2c(C)c1CC(=O)Nc1ccc(F)cc1Cl. The van der Waals surface area contributed by atoms with Gasteiger partial charge in [0.25, 0.3) is 0 Å². The monoisotopic (exact) mass is 342 g/mol. The van der Waals surface area contributed by atoms with E-state index in [1.165, 1.54) is 18.2 Å². The first-order valence-electron chi connectivity index (χ1n) is 7.55. The van der Waals surface area contributed by atoms with Gasteiger partial charge in [-0.2, -0.15) is 0 Å². The fraction of sp³-hybridized carbons (Fsp3) is 0.158. The molecule has 122 valence electrons. The second-order valence-corrected chi connectivity index (χ2v) is 6.07. The Labute approximate surface area is 144 Å². The van der Waals surface area contributed by atoms with Crippen LogP contribution in [0.4, 0.5) is 10.1 Å². The summed E-state index contributed by atoms with van der Waals surface area (Å²) in [5.74, 6) is -0.657. The van der Waals surface area contributed by atoms with Gasteiger partial charge in [0.05, 0.1) is 22.6 Å². The fourth-order valence-corrected chi connectivity index (χ4v) is 2.99. The Bertz CT molecular complexity index is 940. The van der Waals surface area contributed by atoms with E-state index >= 15 is 0 Å². The van der Waals surface area contributed by atoms with Crippen LogP contribution in [-0.4, -0.2) is 10.9 Å². The standard InChI is InChI=1S/C19H16ClFN2O/c1-11-14-5-3-4-6-17(14)22-12(2)15(11)10-19(24)23-18-8-7-13(21)9-16(18)20/h3-9H,10H2,1-2H3,(H,23,24). The molecule has 5 heteroatoms. The van der Waals surface area contributed by atoms with Crippen LogP contribution < -0.4 is 5.32 Å². The molecule has 0 unspecified atom stereocenters. The van der Waals surface area contributed by atoms with Crippen molar-refractivity contribution >= 4 is 34.1 Å². The third-order valence-electron chi connectivity index (χ3n) is 4.03. The molecule has 0 aliphatic heterocycles. The quantitative estimate of drug-likeness (QED) is 0.741. The Kier molecular flexibility index (Phi) is 4.49. The van der Waals surface area contributed by atoms with Gasteiger partial charge in [0.15, 0.2) is 0 Å². The number of carbonyl (C=O) groups excluding carboxylic acids is 1. The molecule has 1 aromatic heterocycles. The molecule has 0 fully saturated rings. The van der Waals surface area contributed by atoms with E-state index < -0.39 is 5.82 Å². The number of aromatic nitrogens is 1. The summed E-state index contributed by atoms with van der Waals surface area (Å²) in [4.78, 5) is 16.9. The number of anilines is 1. The highest BCUT2D eigenvalue weighted by Crippen LogP contribution is 2.25. The third-order valence-corrected chi connectivity index (χ3v) is 4.34. The lowest BCUT2D eigenvalue weighted by Crippen LogP contribution is -2.16. The van der Waals surface area contributed by atoms with E-state index in [1.807, 2.05) is 38.1 Å². The maximum absolute atomic E-state index is 13.1. The number of fused-ring (bicyclic) bond motifs is 1. The van der Waals surface area contributed by atoms with Crippen LogP contribution in [0.25, 0.3) is 10.9 Å². The number of benzene rings is 2. The minimum atomic E-state index is -0.441. The molecule has 3 rings (SSSR count). The predicted octanol–water partition coefficient (Wildman–Crippen LogP) is 4.83. The number of pyridine rings is 1. The molecule has 0 spiro atoms. The van der Waals surface area contributed by atoms with Gasteiger partial charge in [0.1, 0.15) is 5.82 Å². The lowest BCUT2D eigenvalue weighted by atomic mass is 9.99. The van der Waals surface area contributed by atoms with Gasteiger partial charge >= 0.3 is 0 Å². The van der Waals surface area contributed by atoms with E-state index in [2.05, 4.69) is 10.3 Å². The minimum Gasteiger partial charge on any atom is -0.324 e. The highest BCUT2D eigenvalue weighted by Gasteiger charge is 2.14. The van der Waals surface area contributed by atoms with Gasteiger partial charge in [0.2, 0.25) is 5.91 Å². The van der Waals surface area contributed by atoms with E-state index in [-0.39, 0.29) is 17.4 Å². The molecular weight excluding hydrogens is 327 g/mol. The second kappa shape index (κ2) is 6.57. The van der Waals surface area contributed by atoms with Crippen molar-refractivity contribution in [2.24, 2.45) is 0 Å². The molecule has 0 radical (unpaired) electrons. The Morgan fingerprint density at radius 2 is 1.96 bits per heavy atom. The normalized spacial score (nSPS) is 10.8. The largest absolute Gasteiger partial charge is 0.324 e. The Balaban J connectivity index is 1.88. The lowest BCUT2D eigenvalue weighted by molar-refractivity contribution is -0.115. The van der Waals surface area contributed by atoms with E-state index in [9.17, 15) is 9.18 Å². The van der Waals surface area contributed by atoms with Crippen LogP contribution in [0.1, 0.15) is 16.8 Å². The fourth-order valence-electron chi connectivity index (χ4n) is 2.78. The summed E-state index contributed by atoms with van der Waals surface area (Å²) in [5.41, 5.74) is 4.07. The number of carbonyl (C=O) groups is 1. The molecule has 2 aromatic carbocycles. The van der Waals surface area contributed by atoms with Gasteiger partial charge in [-0.1, -0.05) is 29.8 Å². The number of amides is 1. The summed E-state index contributed by atoms with van der Waals surface area (Å²) in [5, 5.41) is 3.93. The Morgan fingerprint density at radius 3 is 2.71 bits per heavy atom. The maximum Gasteiger partial charge on any atom is 0.228 e. The number of hydrogen-bond acceptors (Lipinski definition) is 2. The highest BCUT2D eigenvalue weighted by atomic mass is 35.5. The number of nitrogens with zero attached hydrogens (tertiary/aromatic N) is 1. The average molecular weight is 343 g/mol. The summed E-state index contributed by atoms with van der Waals surface area (Å²) in [6.07, 6.45) is 0.184. The molecule has 1 N–H and O–H groups in total. The first kappa shape index (κ1) is 16.4. The van der Waals surface area contributed by atoms with Crippen LogP contribution in [-0.2, 0) is 11.2 Å². The molecule has 0 saturated heterocycles. The molecule has 1 amide bonds. The Morgan fingerprint density at radius 1 is 1.21 bits per heavy atom. The molecule has 0 atom stereocenters. The predicted molar refractivity (Wildman–Crippen MR) is 95.0 cm³/mol. The van der Waals surface area contributed by atoms with Crippen LogP contribution in [0, 0.1) is 19.7 Å². The van der Waals surface area contributed by atoms with Gasteiger partial charge in [0, 0.05) is 11.1 Å². The molecule has 0 saturated carbocycles. The zero-order chi connectivity index (χ0) is 17.3. The number of aryl methyl sites for hydroxylation is 2. The lowest BCUT2D eigenvalue weighted by Gasteiger charge is -2.13. The van der Waals surface area contributed by atoms with Crippen molar-refractivity contribution in [2.75, 3.05) is 5.32 Å². The van der Waals surface area contributed by atoms with Crippen LogP contribution in [0.3, 0.4) is 0 Å².